The minimum absolute atomic E-state index is 0.106. The summed E-state index contributed by atoms with van der Waals surface area (Å²) in [5, 5.41) is 11.9. The van der Waals surface area contributed by atoms with Crippen molar-refractivity contribution < 1.29 is 14.1 Å². The smallest absolute Gasteiger partial charge is 0.279 e. The van der Waals surface area contributed by atoms with Gasteiger partial charge in [0.1, 0.15) is 23.1 Å². The lowest BCUT2D eigenvalue weighted by atomic mass is 10.1. The maximum absolute atomic E-state index is 12.8. The van der Waals surface area contributed by atoms with E-state index in [-0.39, 0.29) is 18.1 Å². The van der Waals surface area contributed by atoms with E-state index in [2.05, 4.69) is 15.6 Å². The molecule has 0 radical (unpaired) electrons. The highest BCUT2D eigenvalue weighted by molar-refractivity contribution is 6.33. The van der Waals surface area contributed by atoms with Crippen molar-refractivity contribution in [3.8, 4) is 5.75 Å². The molecule has 2 aromatic heterocycles. The first-order valence-electron chi connectivity index (χ1n) is 9.82. The van der Waals surface area contributed by atoms with E-state index in [9.17, 15) is 4.79 Å². The van der Waals surface area contributed by atoms with E-state index in [0.29, 0.717) is 33.7 Å². The Labute approximate surface area is 194 Å². The van der Waals surface area contributed by atoms with E-state index < -0.39 is 5.91 Å². The predicted molar refractivity (Wildman–Crippen MR) is 122 cm³/mol. The molecule has 0 aliphatic carbocycles. The van der Waals surface area contributed by atoms with Crippen LogP contribution in [0.3, 0.4) is 0 Å². The number of amides is 1. The highest BCUT2D eigenvalue weighted by atomic mass is 35.5. The topological polar surface area (TPSA) is 82.2 Å². The third-order valence-electron chi connectivity index (χ3n) is 4.81. The zero-order valence-electron chi connectivity index (χ0n) is 17.4. The third kappa shape index (κ3) is 5.12. The van der Waals surface area contributed by atoms with Crippen molar-refractivity contribution in [3.05, 3.63) is 92.9 Å². The van der Waals surface area contributed by atoms with Crippen molar-refractivity contribution in [3.63, 3.8) is 0 Å². The first kappa shape index (κ1) is 21.9. The van der Waals surface area contributed by atoms with Crippen LogP contribution >= 0.6 is 23.2 Å². The Bertz CT molecular complexity index is 1230. The molecule has 7 nitrogen and oxygen atoms in total. The van der Waals surface area contributed by atoms with Gasteiger partial charge in [-0.3, -0.25) is 9.48 Å². The number of ether oxygens (including phenoxy) is 1. The third-order valence-corrected chi connectivity index (χ3v) is 5.34. The minimum atomic E-state index is -0.487. The van der Waals surface area contributed by atoms with Gasteiger partial charge >= 0.3 is 0 Å². The lowest BCUT2D eigenvalue weighted by Gasteiger charge is -2.07. The molecule has 4 rings (SSSR count). The normalized spacial score (nSPS) is 10.9. The van der Waals surface area contributed by atoms with Crippen LogP contribution in [-0.4, -0.2) is 20.8 Å². The molecule has 0 saturated heterocycles. The van der Waals surface area contributed by atoms with E-state index >= 15 is 0 Å². The zero-order chi connectivity index (χ0) is 22.7. The maximum atomic E-state index is 12.8. The molecule has 164 valence electrons. The second-order valence-electron chi connectivity index (χ2n) is 7.27. The van der Waals surface area contributed by atoms with Crippen molar-refractivity contribution >= 4 is 34.9 Å². The van der Waals surface area contributed by atoms with Crippen molar-refractivity contribution in [2.24, 2.45) is 0 Å². The number of carbonyl (C=O) groups is 1. The molecule has 0 unspecified atom stereocenters. The fourth-order valence-corrected chi connectivity index (χ4v) is 3.36. The average Bonchev–Trinajstić information content (AvgIpc) is 3.31. The quantitative estimate of drug-likeness (QED) is 0.375. The Morgan fingerprint density at radius 2 is 1.81 bits per heavy atom. The van der Waals surface area contributed by atoms with Crippen molar-refractivity contribution in [1.82, 2.24) is 14.9 Å². The number of hydrogen-bond donors (Lipinski definition) is 1. The summed E-state index contributed by atoms with van der Waals surface area (Å²) in [5.74, 6) is 0.854. The molecule has 0 bridgehead atoms. The number of aromatic nitrogens is 3. The number of anilines is 1. The van der Waals surface area contributed by atoms with E-state index in [0.717, 1.165) is 5.56 Å². The molecule has 0 fully saturated rings. The number of nitrogens with one attached hydrogen (secondary N) is 1. The van der Waals surface area contributed by atoms with Gasteiger partial charge in [-0.05, 0) is 43.7 Å². The molecule has 9 heteroatoms. The van der Waals surface area contributed by atoms with Gasteiger partial charge in [-0.1, -0.05) is 58.2 Å². The highest BCUT2D eigenvalue weighted by Crippen LogP contribution is 2.23. The van der Waals surface area contributed by atoms with E-state index in [1.54, 1.807) is 42.1 Å². The molecular formula is C23H20Cl2N4O3. The summed E-state index contributed by atoms with van der Waals surface area (Å²) in [5.41, 5.74) is 2.90. The SMILES string of the molecule is Cc1ccc(Cn2cc(Cl)c(NC(=O)c3noc(C)c3COc3ccc(Cl)cc3)n2)cc1. The van der Waals surface area contributed by atoms with Gasteiger partial charge in [0.05, 0.1) is 12.1 Å². The predicted octanol–water partition coefficient (Wildman–Crippen LogP) is 5.67. The number of hydrogen-bond acceptors (Lipinski definition) is 5. The first-order valence-corrected chi connectivity index (χ1v) is 10.6. The summed E-state index contributed by atoms with van der Waals surface area (Å²) in [4.78, 5) is 12.8. The van der Waals surface area contributed by atoms with Gasteiger partial charge in [0, 0.05) is 11.2 Å². The Hall–Kier alpha value is -3.29. The lowest BCUT2D eigenvalue weighted by molar-refractivity contribution is 0.101. The molecule has 2 heterocycles. The number of aryl methyl sites for hydroxylation is 2. The van der Waals surface area contributed by atoms with Crippen molar-refractivity contribution in [2.45, 2.75) is 27.0 Å². The molecular weight excluding hydrogens is 451 g/mol. The Kier molecular flexibility index (Phi) is 6.48. The molecule has 0 atom stereocenters. The summed E-state index contributed by atoms with van der Waals surface area (Å²) in [6, 6.07) is 15.0. The van der Waals surface area contributed by atoms with Crippen LogP contribution in [0.1, 0.15) is 32.9 Å². The second-order valence-corrected chi connectivity index (χ2v) is 8.12. The number of benzene rings is 2. The van der Waals surface area contributed by atoms with Crippen LogP contribution in [0.4, 0.5) is 5.82 Å². The maximum Gasteiger partial charge on any atom is 0.279 e. The molecule has 2 aromatic carbocycles. The van der Waals surface area contributed by atoms with Crippen LogP contribution in [0.2, 0.25) is 10.0 Å². The summed E-state index contributed by atoms with van der Waals surface area (Å²) < 4.78 is 12.6. The van der Waals surface area contributed by atoms with Crippen molar-refractivity contribution in [1.29, 1.82) is 0 Å². The van der Waals surface area contributed by atoms with Gasteiger partial charge in [-0.2, -0.15) is 5.10 Å². The van der Waals surface area contributed by atoms with Gasteiger partial charge in [-0.15, -0.1) is 0 Å². The minimum Gasteiger partial charge on any atom is -0.489 e. The van der Waals surface area contributed by atoms with Gasteiger partial charge < -0.3 is 14.6 Å². The highest BCUT2D eigenvalue weighted by Gasteiger charge is 2.22. The van der Waals surface area contributed by atoms with Gasteiger partial charge in [0.2, 0.25) is 0 Å². The Morgan fingerprint density at radius 3 is 2.53 bits per heavy atom. The zero-order valence-corrected chi connectivity index (χ0v) is 18.9. The van der Waals surface area contributed by atoms with Gasteiger partial charge in [0.25, 0.3) is 5.91 Å². The largest absolute Gasteiger partial charge is 0.489 e. The molecule has 32 heavy (non-hydrogen) atoms. The number of nitrogens with zero attached hydrogens (tertiary/aromatic N) is 3. The summed E-state index contributed by atoms with van der Waals surface area (Å²) in [6.07, 6.45) is 1.66. The summed E-state index contributed by atoms with van der Waals surface area (Å²) >= 11 is 12.2. The Morgan fingerprint density at radius 1 is 1.09 bits per heavy atom. The average molecular weight is 471 g/mol. The van der Waals surface area contributed by atoms with Crippen LogP contribution < -0.4 is 10.1 Å². The number of halogens is 2. The van der Waals surface area contributed by atoms with Crippen LogP contribution in [0.15, 0.2) is 59.3 Å². The van der Waals surface area contributed by atoms with E-state index in [1.165, 1.54) is 5.56 Å². The molecule has 0 spiro atoms. The van der Waals surface area contributed by atoms with E-state index in [1.807, 2.05) is 31.2 Å². The standard InChI is InChI=1S/C23H20Cl2N4O3/c1-14-3-5-16(6-4-14)11-29-12-20(25)22(27-29)26-23(30)21-19(15(2)32-28-21)13-31-18-9-7-17(24)8-10-18/h3-10,12H,11,13H2,1-2H3,(H,26,27,30). The monoisotopic (exact) mass is 470 g/mol. The fourth-order valence-electron chi connectivity index (χ4n) is 3.04. The van der Waals surface area contributed by atoms with Crippen LogP contribution in [-0.2, 0) is 13.2 Å². The Balaban J connectivity index is 1.45. The van der Waals surface area contributed by atoms with Gasteiger partial charge in [0.15, 0.2) is 11.5 Å². The number of carbonyl (C=O) groups excluding carboxylic acids is 1. The van der Waals surface area contributed by atoms with Crippen molar-refractivity contribution in [2.75, 3.05) is 5.32 Å². The number of rotatable bonds is 7. The molecule has 4 aromatic rings. The molecule has 0 aliphatic heterocycles. The lowest BCUT2D eigenvalue weighted by Crippen LogP contribution is -2.16. The molecule has 0 saturated carbocycles. The molecule has 1 N–H and O–H groups in total. The molecule has 1 amide bonds. The van der Waals surface area contributed by atoms with Crippen LogP contribution in [0, 0.1) is 13.8 Å². The van der Waals surface area contributed by atoms with Crippen LogP contribution in [0.25, 0.3) is 0 Å². The fraction of sp³-hybridized carbons (Fsp3) is 0.174. The molecule has 0 aliphatic rings. The van der Waals surface area contributed by atoms with Gasteiger partial charge in [-0.25, -0.2) is 0 Å². The second kappa shape index (κ2) is 9.46. The summed E-state index contributed by atoms with van der Waals surface area (Å²) in [7, 11) is 0. The van der Waals surface area contributed by atoms with E-state index in [4.69, 9.17) is 32.5 Å². The van der Waals surface area contributed by atoms with Crippen LogP contribution in [0.5, 0.6) is 5.75 Å². The summed E-state index contributed by atoms with van der Waals surface area (Å²) in [6.45, 7) is 4.38. The first-order chi connectivity index (χ1) is 15.4.